The van der Waals surface area contributed by atoms with Gasteiger partial charge in [0.05, 0.1) is 12.6 Å². The van der Waals surface area contributed by atoms with Gasteiger partial charge in [-0.15, -0.1) is 10.2 Å². The van der Waals surface area contributed by atoms with E-state index in [4.69, 9.17) is 0 Å². The second kappa shape index (κ2) is 6.17. The van der Waals surface area contributed by atoms with Crippen LogP contribution in [-0.2, 0) is 17.3 Å². The number of aliphatic hydroxyl groups excluding tert-OH is 1. The first-order valence-corrected chi connectivity index (χ1v) is 8.13. The number of hydrogen-bond acceptors (Lipinski definition) is 5. The minimum absolute atomic E-state index is 0.154. The Morgan fingerprint density at radius 3 is 2.90 bits per heavy atom. The smallest absolute Gasteiger partial charge is 0.280 e. The van der Waals surface area contributed by atoms with Crippen LogP contribution in [0.5, 0.6) is 0 Å². The summed E-state index contributed by atoms with van der Waals surface area (Å²) in [5.41, 5.74) is 0. The number of rotatable bonds is 5. The van der Waals surface area contributed by atoms with Crippen molar-refractivity contribution in [1.29, 1.82) is 0 Å². The average Bonchev–Trinajstić information content (AvgIpc) is 2.84. The Morgan fingerprint density at radius 2 is 2.30 bits per heavy atom. The molecule has 1 saturated heterocycles. The van der Waals surface area contributed by atoms with Crippen molar-refractivity contribution < 1.29 is 13.5 Å². The lowest BCUT2D eigenvalue weighted by molar-refractivity contribution is 0.153. The highest BCUT2D eigenvalue weighted by atomic mass is 32.2. The SMILES string of the molecule is CC(NS(=O)(=O)N1CCCCC1CO)c1nncn1C. The highest BCUT2D eigenvalue weighted by Crippen LogP contribution is 2.21. The fourth-order valence-corrected chi connectivity index (χ4v) is 4.12. The molecule has 1 aromatic rings. The van der Waals surface area contributed by atoms with Crippen LogP contribution in [0.25, 0.3) is 0 Å². The van der Waals surface area contributed by atoms with Gasteiger partial charge in [-0.05, 0) is 19.8 Å². The van der Waals surface area contributed by atoms with Gasteiger partial charge in [-0.25, -0.2) is 0 Å². The highest BCUT2D eigenvalue weighted by Gasteiger charge is 2.33. The Labute approximate surface area is 119 Å². The minimum atomic E-state index is -3.64. The Kier molecular flexibility index (Phi) is 4.74. The zero-order valence-corrected chi connectivity index (χ0v) is 12.5. The van der Waals surface area contributed by atoms with E-state index in [2.05, 4.69) is 14.9 Å². The molecule has 114 valence electrons. The maximum absolute atomic E-state index is 12.4. The van der Waals surface area contributed by atoms with Crippen molar-refractivity contribution in [3.05, 3.63) is 12.2 Å². The number of aliphatic hydroxyl groups is 1. The fraction of sp³-hybridized carbons (Fsp3) is 0.818. The maximum atomic E-state index is 12.4. The molecule has 2 N–H and O–H groups in total. The molecular weight excluding hydrogens is 282 g/mol. The van der Waals surface area contributed by atoms with Gasteiger partial charge in [-0.1, -0.05) is 6.42 Å². The van der Waals surface area contributed by atoms with Crippen LogP contribution in [-0.4, -0.2) is 51.8 Å². The highest BCUT2D eigenvalue weighted by molar-refractivity contribution is 7.87. The minimum Gasteiger partial charge on any atom is -0.395 e. The summed E-state index contributed by atoms with van der Waals surface area (Å²) < 4.78 is 30.5. The molecule has 0 aliphatic carbocycles. The molecule has 9 heteroatoms. The number of aromatic nitrogens is 3. The molecule has 2 heterocycles. The lowest BCUT2D eigenvalue weighted by Gasteiger charge is -2.34. The van der Waals surface area contributed by atoms with Crippen LogP contribution in [0, 0.1) is 0 Å². The van der Waals surface area contributed by atoms with Crippen LogP contribution in [0.1, 0.15) is 38.1 Å². The lowest BCUT2D eigenvalue weighted by atomic mass is 10.1. The van der Waals surface area contributed by atoms with Crippen molar-refractivity contribution in [3.63, 3.8) is 0 Å². The standard InChI is InChI=1S/C11H21N5O3S/c1-9(11-13-12-8-15(11)2)14-20(18,19)16-6-4-3-5-10(16)7-17/h8-10,14,17H,3-7H2,1-2H3. The van der Waals surface area contributed by atoms with E-state index in [1.165, 1.54) is 10.6 Å². The third-order valence-electron chi connectivity index (χ3n) is 3.55. The number of nitrogens with one attached hydrogen (secondary N) is 1. The Balaban J connectivity index is 2.12. The van der Waals surface area contributed by atoms with Crippen molar-refractivity contribution >= 4 is 10.2 Å². The van der Waals surface area contributed by atoms with Gasteiger partial charge in [-0.3, -0.25) is 0 Å². The van der Waals surface area contributed by atoms with Crippen molar-refractivity contribution in [2.24, 2.45) is 7.05 Å². The molecule has 0 bridgehead atoms. The van der Waals surface area contributed by atoms with Gasteiger partial charge in [0.1, 0.15) is 6.33 Å². The summed E-state index contributed by atoms with van der Waals surface area (Å²) in [5.74, 6) is 0.547. The van der Waals surface area contributed by atoms with E-state index >= 15 is 0 Å². The Morgan fingerprint density at radius 1 is 1.55 bits per heavy atom. The Hall–Kier alpha value is -1.03. The molecule has 1 aromatic heterocycles. The number of aryl methyl sites for hydroxylation is 1. The maximum Gasteiger partial charge on any atom is 0.280 e. The second-order valence-corrected chi connectivity index (χ2v) is 6.74. The van der Waals surface area contributed by atoms with Crippen LogP contribution in [0.4, 0.5) is 0 Å². The van der Waals surface area contributed by atoms with Gasteiger partial charge in [-0.2, -0.15) is 17.4 Å². The van der Waals surface area contributed by atoms with Gasteiger partial charge in [0.2, 0.25) is 0 Å². The molecule has 1 aliphatic heterocycles. The molecule has 2 unspecified atom stereocenters. The molecule has 20 heavy (non-hydrogen) atoms. The molecule has 0 spiro atoms. The summed E-state index contributed by atoms with van der Waals surface area (Å²) in [6.45, 7) is 2.00. The van der Waals surface area contributed by atoms with Crippen LogP contribution in [0.3, 0.4) is 0 Å². The van der Waals surface area contributed by atoms with Gasteiger partial charge in [0, 0.05) is 19.6 Å². The van der Waals surface area contributed by atoms with Crippen molar-refractivity contribution in [2.75, 3.05) is 13.2 Å². The quantitative estimate of drug-likeness (QED) is 0.768. The molecule has 1 aliphatic rings. The number of nitrogens with zero attached hydrogens (tertiary/aromatic N) is 4. The molecule has 1 fully saturated rings. The zero-order valence-electron chi connectivity index (χ0n) is 11.7. The van der Waals surface area contributed by atoms with E-state index in [1.807, 2.05) is 0 Å². The van der Waals surface area contributed by atoms with E-state index in [-0.39, 0.29) is 12.6 Å². The molecule has 0 radical (unpaired) electrons. The second-order valence-electron chi connectivity index (χ2n) is 5.09. The summed E-state index contributed by atoms with van der Waals surface area (Å²) in [6, 6.07) is -0.818. The Bertz CT molecular complexity index is 544. The van der Waals surface area contributed by atoms with Gasteiger partial charge >= 0.3 is 0 Å². The third-order valence-corrected chi connectivity index (χ3v) is 5.30. The molecule has 0 amide bonds. The molecule has 2 rings (SSSR count). The summed E-state index contributed by atoms with van der Waals surface area (Å²) in [7, 11) is -1.88. The van der Waals surface area contributed by atoms with Crippen molar-refractivity contribution in [1.82, 2.24) is 23.8 Å². The normalized spacial score (nSPS) is 22.9. The molecule has 2 atom stereocenters. The number of piperidine rings is 1. The predicted octanol–water partition coefficient (Wildman–Crippen LogP) is -0.443. The fourth-order valence-electron chi connectivity index (χ4n) is 2.50. The zero-order chi connectivity index (χ0) is 14.8. The topological polar surface area (TPSA) is 100 Å². The lowest BCUT2D eigenvalue weighted by Crippen LogP contribution is -2.51. The van der Waals surface area contributed by atoms with Crippen LogP contribution < -0.4 is 4.72 Å². The van der Waals surface area contributed by atoms with Gasteiger partial charge in [0.25, 0.3) is 10.2 Å². The first-order chi connectivity index (χ1) is 9.45. The van der Waals surface area contributed by atoms with Crippen molar-refractivity contribution in [2.45, 2.75) is 38.3 Å². The van der Waals surface area contributed by atoms with Crippen LogP contribution in [0.15, 0.2) is 6.33 Å². The van der Waals surface area contributed by atoms with E-state index in [0.717, 1.165) is 12.8 Å². The first-order valence-electron chi connectivity index (χ1n) is 6.69. The molecule has 0 aromatic carbocycles. The number of hydrogen-bond donors (Lipinski definition) is 2. The van der Waals surface area contributed by atoms with Crippen LogP contribution >= 0.6 is 0 Å². The van der Waals surface area contributed by atoms with Gasteiger partial charge < -0.3 is 9.67 Å². The van der Waals surface area contributed by atoms with E-state index in [0.29, 0.717) is 18.8 Å². The predicted molar refractivity (Wildman–Crippen MR) is 72.9 cm³/mol. The monoisotopic (exact) mass is 303 g/mol. The van der Waals surface area contributed by atoms with E-state index < -0.39 is 16.3 Å². The largest absolute Gasteiger partial charge is 0.395 e. The van der Waals surface area contributed by atoms with E-state index in [1.54, 1.807) is 18.5 Å². The summed E-state index contributed by atoms with van der Waals surface area (Å²) in [5, 5.41) is 17.0. The summed E-state index contributed by atoms with van der Waals surface area (Å²) >= 11 is 0. The van der Waals surface area contributed by atoms with Crippen LogP contribution in [0.2, 0.25) is 0 Å². The third kappa shape index (κ3) is 3.17. The average molecular weight is 303 g/mol. The van der Waals surface area contributed by atoms with Crippen molar-refractivity contribution in [3.8, 4) is 0 Å². The summed E-state index contributed by atoms with van der Waals surface area (Å²) in [4.78, 5) is 0. The first kappa shape index (κ1) is 15.4. The molecule has 8 nitrogen and oxygen atoms in total. The molecular formula is C11H21N5O3S. The summed E-state index contributed by atoms with van der Waals surface area (Å²) in [6.07, 6.45) is 3.97. The molecule has 0 saturated carbocycles. The van der Waals surface area contributed by atoms with E-state index in [9.17, 15) is 13.5 Å². The van der Waals surface area contributed by atoms with Gasteiger partial charge in [0.15, 0.2) is 5.82 Å².